The lowest BCUT2D eigenvalue weighted by Gasteiger charge is -2.20. The van der Waals surface area contributed by atoms with Crippen molar-refractivity contribution >= 4 is 17.9 Å². The van der Waals surface area contributed by atoms with Gasteiger partial charge in [-0.3, -0.25) is 14.4 Å². The van der Waals surface area contributed by atoms with Crippen LogP contribution < -0.4 is 0 Å². The number of ether oxygens (including phenoxy) is 3. The molecule has 0 fully saturated rings. The van der Waals surface area contributed by atoms with Crippen molar-refractivity contribution in [2.24, 2.45) is 5.92 Å². The third-order valence-electron chi connectivity index (χ3n) is 10.8. The fraction of sp³-hybridized carbons (Fsp3) is 0.936. The van der Waals surface area contributed by atoms with Crippen molar-refractivity contribution in [3.8, 4) is 0 Å². The highest BCUT2D eigenvalue weighted by Gasteiger charge is 2.23. The van der Waals surface area contributed by atoms with Gasteiger partial charge in [-0.1, -0.05) is 213 Å². The first kappa shape index (κ1) is 52.4. The average Bonchev–Trinajstić information content (AvgIpc) is 3.17. The monoisotopic (exact) mass is 767 g/mol. The summed E-state index contributed by atoms with van der Waals surface area (Å²) in [4.78, 5) is 38.1. The van der Waals surface area contributed by atoms with Gasteiger partial charge in [0.2, 0.25) is 0 Å². The van der Waals surface area contributed by atoms with E-state index in [0.29, 0.717) is 12.8 Å². The van der Waals surface area contributed by atoms with Gasteiger partial charge in [0, 0.05) is 19.4 Å². The quantitative estimate of drug-likeness (QED) is 0.0375. The predicted octanol–water partition coefficient (Wildman–Crippen LogP) is 13.7. The molecule has 0 aromatic rings. The minimum absolute atomic E-state index is 0.0877. The van der Waals surface area contributed by atoms with Crippen LogP contribution in [0.1, 0.15) is 252 Å². The van der Waals surface area contributed by atoms with Crippen LogP contribution >= 0.6 is 0 Å². The van der Waals surface area contributed by atoms with Gasteiger partial charge in [0.15, 0.2) is 6.10 Å². The third kappa shape index (κ3) is 38.6. The Morgan fingerprint density at radius 2 is 0.722 bits per heavy atom. The van der Waals surface area contributed by atoms with Crippen molar-refractivity contribution in [3.63, 3.8) is 0 Å². The zero-order valence-electron chi connectivity index (χ0n) is 36.1. The lowest BCUT2D eigenvalue weighted by molar-refractivity contribution is -0.169. The van der Waals surface area contributed by atoms with E-state index in [0.717, 1.165) is 89.9 Å². The van der Waals surface area contributed by atoms with Crippen LogP contribution in [-0.2, 0) is 28.6 Å². The van der Waals surface area contributed by atoms with Gasteiger partial charge in [-0.25, -0.2) is 0 Å². The van der Waals surface area contributed by atoms with E-state index in [1.165, 1.54) is 128 Å². The minimum Gasteiger partial charge on any atom is -0.462 e. The Bertz CT molecular complexity index is 770. The van der Waals surface area contributed by atoms with Crippen molar-refractivity contribution in [3.05, 3.63) is 0 Å². The number of hydrogen-bond acceptors (Lipinski definition) is 7. The zero-order chi connectivity index (χ0) is 39.6. The van der Waals surface area contributed by atoms with E-state index in [-0.39, 0.29) is 43.6 Å². The van der Waals surface area contributed by atoms with Crippen molar-refractivity contribution in [1.29, 1.82) is 0 Å². The van der Waals surface area contributed by atoms with E-state index in [9.17, 15) is 14.4 Å². The smallest absolute Gasteiger partial charge is 0.309 e. The zero-order valence-corrected chi connectivity index (χ0v) is 36.1. The standard InChI is InChI=1S/C47H90O7/c1-4-6-8-10-12-14-16-18-20-22-26-30-34-38-45(49)52-41-44(54-47(51)43(3)37-33-29-25-24-28-32-36-40-48)42-53-46(50)39-35-31-27-23-21-19-17-15-13-11-9-7-5-2/h43-44,48H,4-42H2,1-3H3. The maximum atomic E-state index is 13.0. The van der Waals surface area contributed by atoms with Crippen LogP contribution in [0, 0.1) is 5.92 Å². The topological polar surface area (TPSA) is 99.1 Å². The maximum absolute atomic E-state index is 13.0. The second kappa shape index (κ2) is 42.5. The number of hydrogen-bond donors (Lipinski definition) is 1. The highest BCUT2D eigenvalue weighted by atomic mass is 16.6. The summed E-state index contributed by atoms with van der Waals surface area (Å²) >= 11 is 0. The van der Waals surface area contributed by atoms with E-state index < -0.39 is 6.10 Å². The fourth-order valence-electron chi connectivity index (χ4n) is 7.05. The Morgan fingerprint density at radius 3 is 1.06 bits per heavy atom. The number of unbranched alkanes of at least 4 members (excludes halogenated alkanes) is 30. The second-order valence-electron chi connectivity index (χ2n) is 16.3. The number of rotatable bonds is 43. The van der Waals surface area contributed by atoms with Crippen LogP contribution in [0.25, 0.3) is 0 Å². The van der Waals surface area contributed by atoms with Crippen LogP contribution in [-0.4, -0.2) is 48.9 Å². The van der Waals surface area contributed by atoms with E-state index in [1.807, 2.05) is 6.92 Å². The Hall–Kier alpha value is -1.63. The summed E-state index contributed by atoms with van der Waals surface area (Å²) in [6, 6.07) is 0. The molecular formula is C47H90O7. The first-order chi connectivity index (χ1) is 26.4. The van der Waals surface area contributed by atoms with Crippen molar-refractivity contribution in [2.45, 2.75) is 258 Å². The molecule has 0 amide bonds. The molecule has 1 unspecified atom stereocenters. The van der Waals surface area contributed by atoms with Crippen LogP contribution in [0.15, 0.2) is 0 Å². The van der Waals surface area contributed by atoms with E-state index in [2.05, 4.69) is 13.8 Å². The molecule has 1 atom stereocenters. The molecule has 54 heavy (non-hydrogen) atoms. The van der Waals surface area contributed by atoms with Gasteiger partial charge in [-0.05, 0) is 25.7 Å². The molecule has 1 N–H and O–H groups in total. The van der Waals surface area contributed by atoms with Crippen LogP contribution in [0.5, 0.6) is 0 Å². The van der Waals surface area contributed by atoms with Crippen molar-refractivity contribution in [2.75, 3.05) is 19.8 Å². The number of esters is 3. The highest BCUT2D eigenvalue weighted by molar-refractivity contribution is 5.72. The first-order valence-electron chi connectivity index (χ1n) is 23.6. The van der Waals surface area contributed by atoms with Gasteiger partial charge in [0.25, 0.3) is 0 Å². The Kier molecular flexibility index (Phi) is 41.2. The Morgan fingerprint density at radius 1 is 0.426 bits per heavy atom. The maximum Gasteiger partial charge on any atom is 0.309 e. The summed E-state index contributed by atoms with van der Waals surface area (Å²) in [5.41, 5.74) is 0. The summed E-state index contributed by atoms with van der Waals surface area (Å²) in [7, 11) is 0. The van der Waals surface area contributed by atoms with Gasteiger partial charge in [-0.2, -0.15) is 0 Å². The molecule has 0 spiro atoms. The highest BCUT2D eigenvalue weighted by Crippen LogP contribution is 2.17. The van der Waals surface area contributed by atoms with Gasteiger partial charge < -0.3 is 19.3 Å². The lowest BCUT2D eigenvalue weighted by Crippen LogP contribution is -2.32. The fourth-order valence-corrected chi connectivity index (χ4v) is 7.05. The average molecular weight is 767 g/mol. The Labute approximate surface area is 334 Å². The molecule has 0 bridgehead atoms. The molecule has 0 aromatic carbocycles. The number of aliphatic hydroxyl groups is 1. The molecule has 320 valence electrons. The number of carbonyl (C=O) groups excluding carboxylic acids is 3. The summed E-state index contributed by atoms with van der Waals surface area (Å²) in [6.07, 6.45) is 40.5. The van der Waals surface area contributed by atoms with Gasteiger partial charge >= 0.3 is 17.9 Å². The normalized spacial score (nSPS) is 11.9. The first-order valence-corrected chi connectivity index (χ1v) is 23.6. The second-order valence-corrected chi connectivity index (χ2v) is 16.3. The molecule has 0 saturated heterocycles. The molecule has 7 nitrogen and oxygen atoms in total. The van der Waals surface area contributed by atoms with Crippen LogP contribution in [0.3, 0.4) is 0 Å². The van der Waals surface area contributed by atoms with Gasteiger partial charge in [-0.15, -0.1) is 0 Å². The van der Waals surface area contributed by atoms with E-state index in [4.69, 9.17) is 19.3 Å². The number of carbonyl (C=O) groups is 3. The van der Waals surface area contributed by atoms with Crippen LogP contribution in [0.2, 0.25) is 0 Å². The molecular weight excluding hydrogens is 677 g/mol. The third-order valence-corrected chi connectivity index (χ3v) is 10.8. The van der Waals surface area contributed by atoms with Gasteiger partial charge in [0.05, 0.1) is 5.92 Å². The summed E-state index contributed by atoms with van der Waals surface area (Å²) in [6.45, 7) is 6.48. The Balaban J connectivity index is 4.40. The molecule has 0 heterocycles. The largest absolute Gasteiger partial charge is 0.462 e. The summed E-state index contributed by atoms with van der Waals surface area (Å²) in [5.74, 6) is -1.18. The molecule has 0 saturated carbocycles. The predicted molar refractivity (Wildman–Crippen MR) is 226 cm³/mol. The van der Waals surface area contributed by atoms with Gasteiger partial charge in [0.1, 0.15) is 13.2 Å². The summed E-state index contributed by atoms with van der Waals surface area (Å²) < 4.78 is 16.8. The van der Waals surface area contributed by atoms with E-state index >= 15 is 0 Å². The lowest BCUT2D eigenvalue weighted by atomic mass is 10.0. The minimum atomic E-state index is -0.794. The van der Waals surface area contributed by atoms with Crippen LogP contribution in [0.4, 0.5) is 0 Å². The molecule has 0 aliphatic carbocycles. The molecule has 0 aliphatic rings. The van der Waals surface area contributed by atoms with Crippen molar-refractivity contribution in [1.82, 2.24) is 0 Å². The molecule has 0 rings (SSSR count). The molecule has 0 aromatic heterocycles. The van der Waals surface area contributed by atoms with E-state index in [1.54, 1.807) is 0 Å². The number of aliphatic hydroxyl groups excluding tert-OH is 1. The molecule has 0 radical (unpaired) electrons. The molecule has 0 aliphatic heterocycles. The van der Waals surface area contributed by atoms with Crippen molar-refractivity contribution < 1.29 is 33.7 Å². The molecule has 7 heteroatoms. The SMILES string of the molecule is CCCCCCCCCCCCCCCC(=O)OCC(COC(=O)CCCCCCCCCCCCCCC)OC(=O)C(C)CCCCCCCCCO. The summed E-state index contributed by atoms with van der Waals surface area (Å²) in [5, 5.41) is 8.92.